The van der Waals surface area contributed by atoms with Crippen LogP contribution < -0.4 is 20.3 Å². The molecule has 0 aliphatic heterocycles. The van der Waals surface area contributed by atoms with E-state index in [0.29, 0.717) is 47.8 Å². The highest BCUT2D eigenvalue weighted by Gasteiger charge is 2.23. The number of nitrogens with one attached hydrogen (secondary N) is 2. The molecule has 0 fully saturated rings. The van der Waals surface area contributed by atoms with Crippen molar-refractivity contribution in [2.75, 3.05) is 49.8 Å². The number of fused-ring (bicyclic) bond motifs is 1. The molecule has 0 spiro atoms. The molecule has 1 unspecified atom stereocenters. The van der Waals surface area contributed by atoms with E-state index in [1.165, 1.54) is 46.9 Å². The molecule has 0 radical (unpaired) electrons. The molecule has 1 aromatic heterocycles. The third-order valence-corrected chi connectivity index (χ3v) is 8.81. The standard InChI is InChI=1S/C39H52N6O4/c1-10-26-15-13-16-27-17-14-18-29(30(27)23-26)28(11-2)31-19-20-40-37(42-31)43-33-24-32(41-36(46)12-3)34(25-35(33)48-9)44(7)21-22-45(8)38(47)49-39(4,5)6/h11-12,14,17-20,24-26H,3,10,13,15-16,21-23H2,1-2,4-9H3,(H,41,46)(H,40,42,43). The maximum absolute atomic E-state index is 12.5. The molecule has 0 saturated heterocycles. The molecule has 2 amide bonds. The molecule has 0 bridgehead atoms. The second-order valence-corrected chi connectivity index (χ2v) is 13.5. The first kappa shape index (κ1) is 37.0. The lowest BCUT2D eigenvalue weighted by Gasteiger charge is -2.28. The van der Waals surface area contributed by atoms with Crippen molar-refractivity contribution in [1.82, 2.24) is 14.9 Å². The Kier molecular flexibility index (Phi) is 12.4. The van der Waals surface area contributed by atoms with Crippen molar-refractivity contribution in [2.45, 2.75) is 72.3 Å². The minimum Gasteiger partial charge on any atom is -0.494 e. The molecule has 49 heavy (non-hydrogen) atoms. The first-order chi connectivity index (χ1) is 23.4. The predicted molar refractivity (Wildman–Crippen MR) is 199 cm³/mol. The summed E-state index contributed by atoms with van der Waals surface area (Å²) in [6, 6.07) is 12.2. The number of anilines is 4. The van der Waals surface area contributed by atoms with E-state index < -0.39 is 11.7 Å². The van der Waals surface area contributed by atoms with Gasteiger partial charge in [-0.25, -0.2) is 14.8 Å². The number of aromatic nitrogens is 2. The molecule has 0 saturated carbocycles. The molecule has 262 valence electrons. The van der Waals surface area contributed by atoms with Crippen molar-refractivity contribution < 1.29 is 19.1 Å². The van der Waals surface area contributed by atoms with Crippen LogP contribution in [0.3, 0.4) is 0 Å². The number of ether oxygens (including phenoxy) is 2. The Bertz CT molecular complexity index is 1680. The number of hydrogen-bond donors (Lipinski definition) is 2. The van der Waals surface area contributed by atoms with E-state index in [0.717, 1.165) is 24.1 Å². The maximum Gasteiger partial charge on any atom is 0.410 e. The van der Waals surface area contributed by atoms with Crippen molar-refractivity contribution >= 4 is 40.6 Å². The Morgan fingerprint density at radius 3 is 2.57 bits per heavy atom. The van der Waals surface area contributed by atoms with Crippen LogP contribution in [0.1, 0.15) is 76.3 Å². The molecular formula is C39H52N6O4. The largest absolute Gasteiger partial charge is 0.494 e. The molecule has 1 aliphatic carbocycles. The number of rotatable bonds is 12. The summed E-state index contributed by atoms with van der Waals surface area (Å²) in [7, 11) is 5.16. The Hall–Kier alpha value is -4.86. The fraction of sp³-hybridized carbons (Fsp3) is 0.436. The van der Waals surface area contributed by atoms with Gasteiger partial charge in [0.15, 0.2) is 0 Å². The van der Waals surface area contributed by atoms with Crippen molar-refractivity contribution in [3.63, 3.8) is 0 Å². The lowest BCUT2D eigenvalue weighted by Crippen LogP contribution is -2.38. The summed E-state index contributed by atoms with van der Waals surface area (Å²) in [4.78, 5) is 38.0. The summed E-state index contributed by atoms with van der Waals surface area (Å²) in [5.74, 6) is 1.24. The second kappa shape index (κ2) is 16.5. The number of hydrogen-bond acceptors (Lipinski definition) is 8. The van der Waals surface area contributed by atoms with Crippen molar-refractivity contribution in [2.24, 2.45) is 5.92 Å². The highest BCUT2D eigenvalue weighted by Crippen LogP contribution is 2.39. The van der Waals surface area contributed by atoms with E-state index in [1.54, 1.807) is 26.4 Å². The van der Waals surface area contributed by atoms with Crippen LogP contribution in [0.15, 0.2) is 61.3 Å². The van der Waals surface area contributed by atoms with Crippen LogP contribution in [0.4, 0.5) is 27.8 Å². The van der Waals surface area contributed by atoms with Crippen LogP contribution in [0.5, 0.6) is 5.75 Å². The Balaban J connectivity index is 1.63. The highest BCUT2D eigenvalue weighted by molar-refractivity contribution is 6.02. The average Bonchev–Trinajstić information content (AvgIpc) is 3.29. The van der Waals surface area contributed by atoms with Gasteiger partial charge >= 0.3 is 6.09 Å². The lowest BCUT2D eigenvalue weighted by molar-refractivity contribution is -0.111. The van der Waals surface area contributed by atoms with E-state index in [1.807, 2.05) is 44.9 Å². The zero-order valence-corrected chi connectivity index (χ0v) is 30.4. The highest BCUT2D eigenvalue weighted by atomic mass is 16.6. The van der Waals surface area contributed by atoms with Gasteiger partial charge in [0, 0.05) is 45.0 Å². The SMILES string of the molecule is C=CC(=O)Nc1cc(Nc2nccc(C(=CC)c3cccc4c3CC(CC)CCC4)n2)c(OC)cc1N(C)CCN(C)C(=O)OC(C)(C)C. The number of amides is 2. The second-order valence-electron chi connectivity index (χ2n) is 13.5. The number of carbonyl (C=O) groups excluding carboxylic acids is 2. The van der Waals surface area contributed by atoms with Gasteiger partial charge < -0.3 is 29.9 Å². The summed E-state index contributed by atoms with van der Waals surface area (Å²) in [6.45, 7) is 14.3. The summed E-state index contributed by atoms with van der Waals surface area (Å²) in [5, 5.41) is 6.24. The van der Waals surface area contributed by atoms with E-state index in [4.69, 9.17) is 14.5 Å². The van der Waals surface area contributed by atoms with Crippen molar-refractivity contribution in [1.29, 1.82) is 0 Å². The van der Waals surface area contributed by atoms with Crippen LogP contribution in [-0.2, 0) is 22.4 Å². The van der Waals surface area contributed by atoms with Crippen LogP contribution >= 0.6 is 0 Å². The molecule has 1 aliphatic rings. The van der Waals surface area contributed by atoms with Crippen molar-refractivity contribution in [3.8, 4) is 5.75 Å². The van der Waals surface area contributed by atoms with Crippen molar-refractivity contribution in [3.05, 3.63) is 83.7 Å². The van der Waals surface area contributed by atoms with Gasteiger partial charge in [-0.3, -0.25) is 4.79 Å². The van der Waals surface area contributed by atoms with Crippen LogP contribution in [-0.4, -0.2) is 66.8 Å². The topological polar surface area (TPSA) is 109 Å². The number of nitrogens with zero attached hydrogens (tertiary/aromatic N) is 4. The predicted octanol–water partition coefficient (Wildman–Crippen LogP) is 8.01. The van der Waals surface area contributed by atoms with Gasteiger partial charge in [0.1, 0.15) is 11.4 Å². The molecule has 10 nitrogen and oxygen atoms in total. The summed E-state index contributed by atoms with van der Waals surface area (Å²) >= 11 is 0. The Labute approximate surface area is 291 Å². The number of allylic oxidation sites excluding steroid dienone is 1. The molecule has 3 aromatic rings. The van der Waals surface area contributed by atoms with Crippen LogP contribution in [0.2, 0.25) is 0 Å². The molecule has 10 heteroatoms. The number of benzene rings is 2. The first-order valence-corrected chi connectivity index (χ1v) is 17.1. The molecular weight excluding hydrogens is 616 g/mol. The van der Waals surface area contributed by atoms with E-state index in [9.17, 15) is 9.59 Å². The number of methoxy groups -OCH3 is 1. The molecule has 1 atom stereocenters. The lowest BCUT2D eigenvalue weighted by atomic mass is 9.87. The monoisotopic (exact) mass is 668 g/mol. The minimum atomic E-state index is -0.591. The fourth-order valence-electron chi connectivity index (χ4n) is 6.10. The van der Waals surface area contributed by atoms with E-state index in [2.05, 4.69) is 60.3 Å². The number of likely N-dealkylation sites (N-methyl/N-ethyl adjacent to an activating group) is 2. The zero-order chi connectivity index (χ0) is 35.7. The van der Waals surface area contributed by atoms with Gasteiger partial charge in [-0.05, 0) is 94.2 Å². The van der Waals surface area contributed by atoms with Gasteiger partial charge in [0.05, 0.1) is 29.9 Å². The number of aryl methyl sites for hydroxylation is 1. The third-order valence-electron chi connectivity index (χ3n) is 8.81. The van der Waals surface area contributed by atoms with Gasteiger partial charge in [0.25, 0.3) is 0 Å². The molecule has 2 aromatic carbocycles. The molecule has 4 rings (SSSR count). The van der Waals surface area contributed by atoms with Gasteiger partial charge in [-0.1, -0.05) is 44.2 Å². The summed E-state index contributed by atoms with van der Waals surface area (Å²) in [6.07, 6.45) is 10.5. The maximum atomic E-state index is 12.5. The smallest absolute Gasteiger partial charge is 0.410 e. The van der Waals surface area contributed by atoms with E-state index >= 15 is 0 Å². The Morgan fingerprint density at radius 1 is 1.12 bits per heavy atom. The molecule has 1 heterocycles. The van der Waals surface area contributed by atoms with Gasteiger partial charge in [0.2, 0.25) is 11.9 Å². The van der Waals surface area contributed by atoms with Gasteiger partial charge in [-0.2, -0.15) is 0 Å². The van der Waals surface area contributed by atoms with Crippen LogP contribution in [0, 0.1) is 5.92 Å². The Morgan fingerprint density at radius 2 is 1.90 bits per heavy atom. The quantitative estimate of drug-likeness (QED) is 0.148. The van der Waals surface area contributed by atoms with E-state index in [-0.39, 0.29) is 5.91 Å². The minimum absolute atomic E-state index is 0.361. The molecule has 2 N–H and O–H groups in total. The zero-order valence-electron chi connectivity index (χ0n) is 30.4. The fourth-order valence-corrected chi connectivity index (χ4v) is 6.10. The average molecular weight is 669 g/mol. The normalized spacial score (nSPS) is 14.6. The van der Waals surface area contributed by atoms with Crippen LogP contribution in [0.25, 0.3) is 5.57 Å². The number of carbonyl (C=O) groups is 2. The first-order valence-electron chi connectivity index (χ1n) is 17.1. The third kappa shape index (κ3) is 9.62. The van der Waals surface area contributed by atoms with Gasteiger partial charge in [-0.15, -0.1) is 0 Å². The summed E-state index contributed by atoms with van der Waals surface area (Å²) < 4.78 is 11.3. The summed E-state index contributed by atoms with van der Waals surface area (Å²) in [5.41, 5.74) is 7.16.